The topological polar surface area (TPSA) is 58.6 Å². The van der Waals surface area contributed by atoms with Crippen LogP contribution in [-0.4, -0.2) is 31.7 Å². The summed E-state index contributed by atoms with van der Waals surface area (Å²) in [5, 5.41) is 3.39. The van der Waals surface area contributed by atoms with Crippen molar-refractivity contribution in [3.8, 4) is 0 Å². The van der Waals surface area contributed by atoms with Crippen LogP contribution in [0.2, 0.25) is 0 Å². The van der Waals surface area contributed by atoms with Crippen LogP contribution in [0.1, 0.15) is 54.4 Å². The molecule has 30 heavy (non-hydrogen) atoms. The summed E-state index contributed by atoms with van der Waals surface area (Å²) in [6.07, 6.45) is 4.85. The zero-order valence-electron chi connectivity index (χ0n) is 17.4. The molecule has 5 nitrogen and oxygen atoms in total. The van der Waals surface area contributed by atoms with Gasteiger partial charge in [-0.2, -0.15) is 0 Å². The highest BCUT2D eigenvalue weighted by Gasteiger charge is 2.51. The maximum absolute atomic E-state index is 13.5. The average molecular weight is 405 g/mol. The maximum Gasteiger partial charge on any atom is 0.304 e. The molecule has 0 bridgehead atoms. The van der Waals surface area contributed by atoms with Crippen molar-refractivity contribution >= 4 is 17.6 Å². The van der Waals surface area contributed by atoms with Crippen molar-refractivity contribution in [1.82, 2.24) is 5.32 Å². The van der Waals surface area contributed by atoms with E-state index >= 15 is 0 Å². The lowest BCUT2D eigenvalue weighted by Crippen LogP contribution is -2.47. The highest BCUT2D eigenvalue weighted by molar-refractivity contribution is 6.08. The van der Waals surface area contributed by atoms with E-state index < -0.39 is 5.41 Å². The van der Waals surface area contributed by atoms with Gasteiger partial charge in [0.25, 0.3) is 0 Å². The minimum absolute atomic E-state index is 0.00744. The Kier molecular flexibility index (Phi) is 4.86. The molecule has 3 aliphatic rings. The van der Waals surface area contributed by atoms with Gasteiger partial charge in [0, 0.05) is 6.92 Å². The number of amides is 1. The van der Waals surface area contributed by atoms with Crippen molar-refractivity contribution in [3.63, 3.8) is 0 Å². The Morgan fingerprint density at radius 1 is 1.17 bits per heavy atom. The van der Waals surface area contributed by atoms with Crippen LogP contribution in [0.15, 0.2) is 42.5 Å². The van der Waals surface area contributed by atoms with Crippen molar-refractivity contribution in [2.45, 2.75) is 50.4 Å². The highest BCUT2D eigenvalue weighted by Crippen LogP contribution is 2.48. The van der Waals surface area contributed by atoms with E-state index in [1.807, 2.05) is 0 Å². The summed E-state index contributed by atoms with van der Waals surface area (Å²) in [5.74, 6) is 0.182. The van der Waals surface area contributed by atoms with Gasteiger partial charge in [-0.05, 0) is 79.4 Å². The molecule has 1 saturated heterocycles. The number of fused-ring (bicyclic) bond motifs is 3. The van der Waals surface area contributed by atoms with E-state index in [4.69, 9.17) is 4.74 Å². The van der Waals surface area contributed by atoms with Gasteiger partial charge >= 0.3 is 5.97 Å². The minimum Gasteiger partial charge on any atom is -0.444 e. The number of carbonyl (C=O) groups excluding carboxylic acids is 2. The van der Waals surface area contributed by atoms with Crippen LogP contribution in [0.25, 0.3) is 0 Å². The predicted molar refractivity (Wildman–Crippen MR) is 116 cm³/mol. The molecule has 1 fully saturated rings. The van der Waals surface area contributed by atoms with E-state index in [2.05, 4.69) is 47.8 Å². The molecule has 2 aromatic rings. The quantitative estimate of drug-likeness (QED) is 0.796. The zero-order valence-corrected chi connectivity index (χ0v) is 17.4. The Labute approximate surface area is 177 Å². The first-order valence-corrected chi connectivity index (χ1v) is 11.0. The number of aryl methyl sites for hydroxylation is 1. The van der Waals surface area contributed by atoms with E-state index in [9.17, 15) is 9.59 Å². The van der Waals surface area contributed by atoms with Gasteiger partial charge in [-0.25, -0.2) is 0 Å². The molecule has 2 aromatic carbocycles. The number of esters is 1. The lowest BCUT2D eigenvalue weighted by atomic mass is 9.72. The average Bonchev–Trinajstić information content (AvgIpc) is 2.99. The maximum atomic E-state index is 13.5. The fourth-order valence-corrected chi connectivity index (χ4v) is 5.51. The number of anilines is 1. The molecule has 2 heterocycles. The lowest BCUT2D eigenvalue weighted by Gasteiger charge is -2.33. The SMILES string of the molecule is CC(=O)OCN1C(=O)C2(CCNCC2)c2cc(C3CCc4ccccc4C3)ccc21. The van der Waals surface area contributed by atoms with Gasteiger partial charge in [-0.15, -0.1) is 0 Å². The van der Waals surface area contributed by atoms with Crippen LogP contribution >= 0.6 is 0 Å². The number of hydrogen-bond acceptors (Lipinski definition) is 4. The number of rotatable bonds is 3. The normalized spacial score (nSPS) is 22.0. The highest BCUT2D eigenvalue weighted by atomic mass is 16.5. The molecule has 0 radical (unpaired) electrons. The fourth-order valence-electron chi connectivity index (χ4n) is 5.51. The van der Waals surface area contributed by atoms with Crippen molar-refractivity contribution < 1.29 is 14.3 Å². The molecule has 1 spiro atoms. The van der Waals surface area contributed by atoms with Gasteiger partial charge < -0.3 is 10.1 Å². The number of piperidine rings is 1. The third-order valence-electron chi connectivity index (χ3n) is 7.15. The third-order valence-corrected chi connectivity index (χ3v) is 7.15. The number of nitrogens with one attached hydrogen (secondary N) is 1. The Balaban J connectivity index is 1.51. The van der Waals surface area contributed by atoms with Crippen LogP contribution in [0.5, 0.6) is 0 Å². The molecule has 2 aliphatic heterocycles. The van der Waals surface area contributed by atoms with Crippen molar-refractivity contribution in [2.75, 3.05) is 24.7 Å². The van der Waals surface area contributed by atoms with E-state index in [0.717, 1.165) is 56.4 Å². The summed E-state index contributed by atoms with van der Waals surface area (Å²) >= 11 is 0. The Bertz CT molecular complexity index is 994. The van der Waals surface area contributed by atoms with E-state index in [-0.39, 0.29) is 18.6 Å². The molecule has 156 valence electrons. The second kappa shape index (κ2) is 7.55. The van der Waals surface area contributed by atoms with Crippen molar-refractivity contribution in [3.05, 3.63) is 64.7 Å². The van der Waals surface area contributed by atoms with Gasteiger partial charge in [-0.1, -0.05) is 36.4 Å². The number of hydrogen-bond donors (Lipinski definition) is 1. The first-order chi connectivity index (χ1) is 14.6. The molecule has 1 amide bonds. The number of nitrogens with zero attached hydrogens (tertiary/aromatic N) is 1. The minimum atomic E-state index is -0.497. The summed E-state index contributed by atoms with van der Waals surface area (Å²) in [4.78, 5) is 26.6. The first-order valence-electron chi connectivity index (χ1n) is 11.0. The zero-order chi connectivity index (χ0) is 20.7. The molecule has 5 rings (SSSR count). The van der Waals surface area contributed by atoms with Crippen LogP contribution in [0.3, 0.4) is 0 Å². The van der Waals surface area contributed by atoms with Gasteiger partial charge in [-0.3, -0.25) is 14.5 Å². The Morgan fingerprint density at radius 2 is 1.93 bits per heavy atom. The van der Waals surface area contributed by atoms with Gasteiger partial charge in [0.05, 0.1) is 11.1 Å². The summed E-state index contributed by atoms with van der Waals surface area (Å²) < 4.78 is 5.22. The van der Waals surface area contributed by atoms with Crippen LogP contribution in [-0.2, 0) is 32.6 Å². The van der Waals surface area contributed by atoms with Gasteiger partial charge in [0.15, 0.2) is 6.73 Å². The molecule has 5 heteroatoms. The molecule has 1 N–H and O–H groups in total. The summed E-state index contributed by atoms with van der Waals surface area (Å²) in [6.45, 7) is 3.03. The molecule has 1 unspecified atom stereocenters. The largest absolute Gasteiger partial charge is 0.444 e. The third kappa shape index (κ3) is 3.12. The van der Waals surface area contributed by atoms with E-state index in [1.54, 1.807) is 4.90 Å². The molecular weight excluding hydrogens is 376 g/mol. The Hall–Kier alpha value is -2.66. The number of ether oxygens (including phenoxy) is 1. The second-order valence-corrected chi connectivity index (χ2v) is 8.82. The Morgan fingerprint density at radius 3 is 2.70 bits per heavy atom. The summed E-state index contributed by atoms with van der Waals surface area (Å²) in [5.41, 5.74) is 5.76. The number of benzene rings is 2. The van der Waals surface area contributed by atoms with Gasteiger partial charge in [0.1, 0.15) is 0 Å². The first kappa shape index (κ1) is 19.3. The predicted octanol–water partition coefficient (Wildman–Crippen LogP) is 3.45. The molecule has 1 atom stereocenters. The smallest absolute Gasteiger partial charge is 0.304 e. The van der Waals surface area contributed by atoms with Crippen LogP contribution < -0.4 is 10.2 Å². The summed E-state index contributed by atoms with van der Waals surface area (Å²) in [7, 11) is 0. The monoisotopic (exact) mass is 404 g/mol. The summed E-state index contributed by atoms with van der Waals surface area (Å²) in [6, 6.07) is 15.3. The lowest BCUT2D eigenvalue weighted by molar-refractivity contribution is -0.141. The van der Waals surface area contributed by atoms with E-state index in [1.165, 1.54) is 23.6 Å². The van der Waals surface area contributed by atoms with Gasteiger partial charge in [0.2, 0.25) is 5.91 Å². The van der Waals surface area contributed by atoms with Crippen molar-refractivity contribution in [1.29, 1.82) is 0 Å². The number of carbonyl (C=O) groups is 2. The molecular formula is C25H28N2O3. The standard InChI is InChI=1S/C25H28N2O3/c1-17(28)30-16-27-23-9-8-21(20-7-6-18-4-2-3-5-19(18)14-20)15-22(23)25(24(27)29)10-12-26-13-11-25/h2-5,8-9,15,20,26H,6-7,10-14,16H2,1H3. The molecule has 1 aliphatic carbocycles. The van der Waals surface area contributed by atoms with E-state index in [0.29, 0.717) is 5.92 Å². The molecule has 0 aromatic heterocycles. The second-order valence-electron chi connectivity index (χ2n) is 8.82. The van der Waals surface area contributed by atoms with Crippen LogP contribution in [0.4, 0.5) is 5.69 Å². The van der Waals surface area contributed by atoms with Crippen molar-refractivity contribution in [2.24, 2.45) is 0 Å². The molecule has 0 saturated carbocycles. The fraction of sp³-hybridized carbons (Fsp3) is 0.440. The van der Waals surface area contributed by atoms with Crippen LogP contribution in [0, 0.1) is 0 Å².